The normalized spacial score (nSPS) is 21.6. The standard InChI is InChI=1S/C23H24N4O2/c28-23(26-14-7-12-20-18(16-26)13-15-29-20)21-24-22(17-8-3-1-4-9-17)27(25-21)19-10-5-2-6-11-19/h1-6,8-11,18,20H,7,12-16H2/t18-,20+/m1/s1. The van der Waals surface area contributed by atoms with Crippen molar-refractivity contribution in [3.63, 3.8) is 0 Å². The number of para-hydroxylation sites is 1. The molecule has 0 unspecified atom stereocenters. The van der Waals surface area contributed by atoms with E-state index in [9.17, 15) is 4.79 Å². The zero-order chi connectivity index (χ0) is 19.6. The number of ether oxygens (including phenoxy) is 1. The number of carbonyl (C=O) groups is 1. The van der Waals surface area contributed by atoms with E-state index in [2.05, 4.69) is 10.1 Å². The van der Waals surface area contributed by atoms with Crippen LogP contribution in [0.1, 0.15) is 29.9 Å². The molecule has 0 spiro atoms. The summed E-state index contributed by atoms with van der Waals surface area (Å²) in [6, 6.07) is 19.7. The second-order valence-electron chi connectivity index (χ2n) is 7.72. The minimum Gasteiger partial charge on any atom is -0.378 e. The molecule has 6 heteroatoms. The van der Waals surface area contributed by atoms with Gasteiger partial charge in [-0.2, -0.15) is 0 Å². The van der Waals surface area contributed by atoms with Gasteiger partial charge in [0.15, 0.2) is 5.82 Å². The quantitative estimate of drug-likeness (QED) is 0.688. The number of amides is 1. The molecule has 2 aliphatic rings. The van der Waals surface area contributed by atoms with Gasteiger partial charge in [-0.15, -0.1) is 5.10 Å². The van der Waals surface area contributed by atoms with Gasteiger partial charge in [0.05, 0.1) is 11.8 Å². The lowest BCUT2D eigenvalue weighted by Gasteiger charge is -2.22. The van der Waals surface area contributed by atoms with Gasteiger partial charge in [0, 0.05) is 31.2 Å². The molecular formula is C23H24N4O2. The molecule has 0 radical (unpaired) electrons. The van der Waals surface area contributed by atoms with Gasteiger partial charge in [0.1, 0.15) is 0 Å². The van der Waals surface area contributed by atoms with Crippen LogP contribution in [0.15, 0.2) is 60.7 Å². The average Bonchev–Trinajstić information content (AvgIpc) is 3.37. The van der Waals surface area contributed by atoms with Crippen LogP contribution in [0.5, 0.6) is 0 Å². The van der Waals surface area contributed by atoms with Gasteiger partial charge in [-0.25, -0.2) is 9.67 Å². The predicted molar refractivity (Wildman–Crippen MR) is 110 cm³/mol. The van der Waals surface area contributed by atoms with Gasteiger partial charge in [-0.05, 0) is 31.4 Å². The van der Waals surface area contributed by atoms with Crippen molar-refractivity contribution in [3.05, 3.63) is 66.5 Å². The molecule has 2 saturated heterocycles. The largest absolute Gasteiger partial charge is 0.378 e. The summed E-state index contributed by atoms with van der Waals surface area (Å²) in [5.41, 5.74) is 1.82. The van der Waals surface area contributed by atoms with Crippen LogP contribution in [0, 0.1) is 5.92 Å². The lowest BCUT2D eigenvalue weighted by Crippen LogP contribution is -2.36. The fourth-order valence-corrected chi connectivity index (χ4v) is 4.33. The van der Waals surface area contributed by atoms with Crippen molar-refractivity contribution in [1.82, 2.24) is 19.7 Å². The van der Waals surface area contributed by atoms with E-state index in [4.69, 9.17) is 4.74 Å². The molecule has 0 aliphatic carbocycles. The lowest BCUT2D eigenvalue weighted by atomic mass is 9.99. The third-order valence-corrected chi connectivity index (χ3v) is 5.84. The Morgan fingerprint density at radius 1 is 1.00 bits per heavy atom. The first kappa shape index (κ1) is 18.1. The van der Waals surface area contributed by atoms with E-state index in [0.29, 0.717) is 17.8 Å². The molecule has 0 saturated carbocycles. The monoisotopic (exact) mass is 388 g/mol. The molecule has 3 aromatic rings. The van der Waals surface area contributed by atoms with E-state index in [1.165, 1.54) is 0 Å². The summed E-state index contributed by atoms with van der Waals surface area (Å²) in [7, 11) is 0. The fraction of sp³-hybridized carbons (Fsp3) is 0.348. The molecule has 0 bridgehead atoms. The predicted octanol–water partition coefficient (Wildman–Crippen LogP) is 3.58. The zero-order valence-corrected chi connectivity index (χ0v) is 16.3. The van der Waals surface area contributed by atoms with Crippen LogP contribution in [0.3, 0.4) is 0 Å². The number of fused-ring (bicyclic) bond motifs is 1. The number of benzene rings is 2. The van der Waals surface area contributed by atoms with Gasteiger partial charge in [0.2, 0.25) is 5.82 Å². The topological polar surface area (TPSA) is 60.2 Å². The third kappa shape index (κ3) is 3.56. The van der Waals surface area contributed by atoms with E-state index < -0.39 is 0 Å². The molecule has 2 atom stereocenters. The number of likely N-dealkylation sites (tertiary alicyclic amines) is 1. The Morgan fingerprint density at radius 2 is 1.76 bits per heavy atom. The Hall–Kier alpha value is -2.99. The number of rotatable bonds is 3. The van der Waals surface area contributed by atoms with Crippen LogP contribution in [0.2, 0.25) is 0 Å². The highest BCUT2D eigenvalue weighted by Gasteiger charge is 2.35. The fourth-order valence-electron chi connectivity index (χ4n) is 4.33. The summed E-state index contributed by atoms with van der Waals surface area (Å²) < 4.78 is 7.60. The van der Waals surface area contributed by atoms with Crippen LogP contribution in [0.4, 0.5) is 0 Å². The van der Waals surface area contributed by atoms with E-state index >= 15 is 0 Å². The Kier molecular flexibility index (Phi) is 4.86. The van der Waals surface area contributed by atoms with Gasteiger partial charge in [0.25, 0.3) is 5.91 Å². The highest BCUT2D eigenvalue weighted by atomic mass is 16.5. The number of hydrogen-bond acceptors (Lipinski definition) is 4. The number of nitrogens with zero attached hydrogens (tertiary/aromatic N) is 4. The summed E-state index contributed by atoms with van der Waals surface area (Å²) >= 11 is 0. The molecule has 29 heavy (non-hydrogen) atoms. The second kappa shape index (κ2) is 7.79. The van der Waals surface area contributed by atoms with Crippen molar-refractivity contribution >= 4 is 5.91 Å². The number of hydrogen-bond donors (Lipinski definition) is 0. The van der Waals surface area contributed by atoms with Crippen LogP contribution in [-0.2, 0) is 4.74 Å². The molecule has 148 valence electrons. The van der Waals surface area contributed by atoms with Crippen molar-refractivity contribution in [3.8, 4) is 17.1 Å². The van der Waals surface area contributed by atoms with Crippen LogP contribution < -0.4 is 0 Å². The third-order valence-electron chi connectivity index (χ3n) is 5.84. The number of carbonyl (C=O) groups excluding carboxylic acids is 1. The van der Waals surface area contributed by atoms with Crippen molar-refractivity contribution in [1.29, 1.82) is 0 Å². The van der Waals surface area contributed by atoms with Crippen LogP contribution in [0.25, 0.3) is 17.1 Å². The molecule has 0 N–H and O–H groups in total. The van der Waals surface area contributed by atoms with Gasteiger partial charge in [-0.3, -0.25) is 4.79 Å². The van der Waals surface area contributed by atoms with E-state index in [1.807, 2.05) is 65.6 Å². The summed E-state index contributed by atoms with van der Waals surface area (Å²) in [5.74, 6) is 1.26. The maximum atomic E-state index is 13.3. The molecular weight excluding hydrogens is 364 g/mol. The van der Waals surface area contributed by atoms with Gasteiger partial charge >= 0.3 is 0 Å². The van der Waals surface area contributed by atoms with Gasteiger partial charge < -0.3 is 9.64 Å². The molecule has 1 aromatic heterocycles. The van der Waals surface area contributed by atoms with Crippen molar-refractivity contribution < 1.29 is 9.53 Å². The summed E-state index contributed by atoms with van der Waals surface area (Å²) in [6.07, 6.45) is 3.30. The first-order valence-corrected chi connectivity index (χ1v) is 10.3. The van der Waals surface area contributed by atoms with Gasteiger partial charge in [-0.1, -0.05) is 48.5 Å². The maximum Gasteiger partial charge on any atom is 0.293 e. The molecule has 2 aromatic carbocycles. The number of aromatic nitrogens is 3. The minimum atomic E-state index is -0.0931. The Balaban J connectivity index is 1.50. The average molecular weight is 388 g/mol. The molecule has 3 heterocycles. The Morgan fingerprint density at radius 3 is 2.55 bits per heavy atom. The highest BCUT2D eigenvalue weighted by molar-refractivity contribution is 5.91. The summed E-state index contributed by atoms with van der Waals surface area (Å²) in [5, 5.41) is 4.63. The molecule has 2 fully saturated rings. The SMILES string of the molecule is O=C(c1nc(-c2ccccc2)n(-c2ccccc2)n1)N1CCC[C@@H]2OCC[C@@H]2C1. The molecule has 6 nitrogen and oxygen atoms in total. The first-order valence-electron chi connectivity index (χ1n) is 10.3. The van der Waals surface area contributed by atoms with Crippen molar-refractivity contribution in [2.45, 2.75) is 25.4 Å². The molecule has 5 rings (SSSR count). The second-order valence-corrected chi connectivity index (χ2v) is 7.72. The summed E-state index contributed by atoms with van der Waals surface area (Å²) in [4.78, 5) is 19.9. The smallest absolute Gasteiger partial charge is 0.293 e. The summed E-state index contributed by atoms with van der Waals surface area (Å²) in [6.45, 7) is 2.26. The molecule has 1 amide bonds. The van der Waals surface area contributed by atoms with E-state index in [-0.39, 0.29) is 11.7 Å². The highest BCUT2D eigenvalue weighted by Crippen LogP contribution is 2.29. The lowest BCUT2D eigenvalue weighted by molar-refractivity contribution is 0.0693. The maximum absolute atomic E-state index is 13.3. The molecule has 2 aliphatic heterocycles. The van der Waals surface area contributed by atoms with Crippen molar-refractivity contribution in [2.75, 3.05) is 19.7 Å². The van der Waals surface area contributed by atoms with Crippen molar-refractivity contribution in [2.24, 2.45) is 5.92 Å². The van der Waals surface area contributed by atoms with E-state index in [1.54, 1.807) is 4.68 Å². The van der Waals surface area contributed by atoms with Crippen LogP contribution >= 0.6 is 0 Å². The first-order chi connectivity index (χ1) is 14.3. The van der Waals surface area contributed by atoms with Crippen LogP contribution in [-0.4, -0.2) is 51.4 Å². The minimum absolute atomic E-state index is 0.0931. The Bertz CT molecular complexity index is 930. The Labute approximate surface area is 170 Å². The van der Waals surface area contributed by atoms with E-state index in [0.717, 1.165) is 50.2 Å². The zero-order valence-electron chi connectivity index (χ0n) is 16.3.